The lowest BCUT2D eigenvalue weighted by atomic mass is 10.1. The summed E-state index contributed by atoms with van der Waals surface area (Å²) in [7, 11) is 0. The second-order valence-corrected chi connectivity index (χ2v) is 6.49. The number of hydrogen-bond acceptors (Lipinski definition) is 4. The van der Waals surface area contributed by atoms with E-state index >= 15 is 0 Å². The molecule has 25 heavy (non-hydrogen) atoms. The Morgan fingerprint density at radius 3 is 2.68 bits per heavy atom. The maximum atomic E-state index is 12.6. The van der Waals surface area contributed by atoms with Crippen molar-refractivity contribution in [2.24, 2.45) is 11.5 Å². The van der Waals surface area contributed by atoms with Crippen LogP contribution < -0.4 is 21.7 Å². The van der Waals surface area contributed by atoms with E-state index in [9.17, 15) is 9.59 Å². The molecule has 2 rings (SSSR count). The Kier molecular flexibility index (Phi) is 7.06. The highest BCUT2D eigenvalue weighted by Gasteiger charge is 2.24. The molecule has 0 spiro atoms. The van der Waals surface area contributed by atoms with E-state index in [2.05, 4.69) is 29.3 Å². The molecule has 3 amide bonds. The first kappa shape index (κ1) is 19.1. The summed E-state index contributed by atoms with van der Waals surface area (Å²) in [6, 6.07) is 7.25. The quantitative estimate of drug-likeness (QED) is 0.662. The molecule has 1 atom stereocenters. The third kappa shape index (κ3) is 5.63. The van der Waals surface area contributed by atoms with Crippen molar-refractivity contribution in [2.75, 3.05) is 37.6 Å². The van der Waals surface area contributed by atoms with Gasteiger partial charge < -0.3 is 26.6 Å². The van der Waals surface area contributed by atoms with Crippen LogP contribution in [0.2, 0.25) is 0 Å². The molecular formula is C18H29N5O2. The fourth-order valence-corrected chi connectivity index (χ4v) is 3.19. The zero-order valence-electron chi connectivity index (χ0n) is 14.9. The minimum atomic E-state index is -0.552. The lowest BCUT2D eigenvalue weighted by molar-refractivity contribution is -0.132. The average Bonchev–Trinajstić information content (AvgIpc) is 2.84. The Bertz CT molecular complexity index is 593. The summed E-state index contributed by atoms with van der Waals surface area (Å²) in [4.78, 5) is 27.4. The molecule has 138 valence electrons. The molecule has 0 aliphatic carbocycles. The number of nitrogens with two attached hydrogens (primary N) is 2. The van der Waals surface area contributed by atoms with Gasteiger partial charge in [0.15, 0.2) is 0 Å². The molecule has 1 aromatic rings. The second kappa shape index (κ2) is 9.27. The zero-order chi connectivity index (χ0) is 18.2. The molecule has 1 aliphatic rings. The monoisotopic (exact) mass is 347 g/mol. The number of urea groups is 1. The molecule has 1 aliphatic heterocycles. The standard InChI is InChI=1S/C18H29N5O2/c1-14-6-2-3-8-16(14)22-10-5-11-23(13-12-22)17(24)15(19)7-4-9-21-18(20)25/h2-3,6,8,15H,4-5,7,9-13,19H2,1H3,(H3,20,21,25)/t15-/m0/s1. The van der Waals surface area contributed by atoms with Gasteiger partial charge in [-0.1, -0.05) is 18.2 Å². The van der Waals surface area contributed by atoms with Gasteiger partial charge in [0.1, 0.15) is 0 Å². The van der Waals surface area contributed by atoms with E-state index in [1.165, 1.54) is 11.3 Å². The van der Waals surface area contributed by atoms with E-state index in [1.807, 2.05) is 17.0 Å². The van der Waals surface area contributed by atoms with Crippen molar-refractivity contribution in [3.8, 4) is 0 Å². The van der Waals surface area contributed by atoms with Gasteiger partial charge in [-0.25, -0.2) is 4.79 Å². The van der Waals surface area contributed by atoms with Gasteiger partial charge in [0.05, 0.1) is 6.04 Å². The predicted molar refractivity (Wildman–Crippen MR) is 99.4 cm³/mol. The number of nitrogens with zero attached hydrogens (tertiary/aromatic N) is 2. The van der Waals surface area contributed by atoms with Gasteiger partial charge in [-0.05, 0) is 37.8 Å². The summed E-state index contributed by atoms with van der Waals surface area (Å²) >= 11 is 0. The summed E-state index contributed by atoms with van der Waals surface area (Å²) in [5.74, 6) is -0.00860. The number of nitrogens with one attached hydrogen (secondary N) is 1. The van der Waals surface area contributed by atoms with Crippen LogP contribution in [0.15, 0.2) is 24.3 Å². The number of primary amides is 1. The van der Waals surface area contributed by atoms with Crippen LogP contribution >= 0.6 is 0 Å². The highest BCUT2D eigenvalue weighted by Crippen LogP contribution is 2.21. The second-order valence-electron chi connectivity index (χ2n) is 6.49. The first-order chi connectivity index (χ1) is 12.0. The first-order valence-corrected chi connectivity index (χ1v) is 8.87. The van der Waals surface area contributed by atoms with E-state index in [4.69, 9.17) is 11.5 Å². The Balaban J connectivity index is 1.84. The molecule has 0 bridgehead atoms. The number of anilines is 1. The van der Waals surface area contributed by atoms with Gasteiger partial charge in [0, 0.05) is 38.4 Å². The predicted octanol–water partition coefficient (Wildman–Crippen LogP) is 0.810. The summed E-state index contributed by atoms with van der Waals surface area (Å²) in [5.41, 5.74) is 13.5. The molecule has 0 saturated carbocycles. The molecule has 1 aromatic carbocycles. The summed E-state index contributed by atoms with van der Waals surface area (Å²) in [6.45, 7) is 5.71. The summed E-state index contributed by atoms with van der Waals surface area (Å²) in [6.07, 6.45) is 2.10. The van der Waals surface area contributed by atoms with Crippen LogP contribution in [0.3, 0.4) is 0 Å². The third-order valence-electron chi connectivity index (χ3n) is 4.57. The van der Waals surface area contributed by atoms with Crippen LogP contribution in [0, 0.1) is 6.92 Å². The number of carbonyl (C=O) groups excluding carboxylic acids is 2. The first-order valence-electron chi connectivity index (χ1n) is 8.87. The number of carbonyl (C=O) groups is 2. The molecule has 1 fully saturated rings. The van der Waals surface area contributed by atoms with Gasteiger partial charge in [-0.2, -0.15) is 0 Å². The van der Waals surface area contributed by atoms with E-state index in [0.717, 1.165) is 26.1 Å². The van der Waals surface area contributed by atoms with E-state index in [0.29, 0.717) is 25.9 Å². The number of amides is 3. The SMILES string of the molecule is Cc1ccccc1N1CCCN(C(=O)[C@@H](N)CCCNC(N)=O)CC1. The van der Waals surface area contributed by atoms with Crippen LogP contribution in [0.5, 0.6) is 0 Å². The molecule has 7 nitrogen and oxygen atoms in total. The number of benzene rings is 1. The van der Waals surface area contributed by atoms with Gasteiger partial charge >= 0.3 is 6.03 Å². The van der Waals surface area contributed by atoms with Crippen molar-refractivity contribution < 1.29 is 9.59 Å². The van der Waals surface area contributed by atoms with E-state index in [1.54, 1.807) is 0 Å². The lowest BCUT2D eigenvalue weighted by Crippen LogP contribution is -2.45. The van der Waals surface area contributed by atoms with Gasteiger partial charge in [0.2, 0.25) is 5.91 Å². The number of aryl methyl sites for hydroxylation is 1. The lowest BCUT2D eigenvalue weighted by Gasteiger charge is -2.26. The minimum absolute atomic E-state index is 0.00860. The highest BCUT2D eigenvalue weighted by molar-refractivity contribution is 5.81. The third-order valence-corrected chi connectivity index (χ3v) is 4.57. The fourth-order valence-electron chi connectivity index (χ4n) is 3.19. The maximum absolute atomic E-state index is 12.6. The zero-order valence-corrected chi connectivity index (χ0v) is 14.9. The Hall–Kier alpha value is -2.28. The Morgan fingerprint density at radius 2 is 1.96 bits per heavy atom. The van der Waals surface area contributed by atoms with Crippen molar-refractivity contribution >= 4 is 17.6 Å². The van der Waals surface area contributed by atoms with Gasteiger partial charge in [-0.3, -0.25) is 4.79 Å². The van der Waals surface area contributed by atoms with Crippen molar-refractivity contribution in [1.29, 1.82) is 0 Å². The van der Waals surface area contributed by atoms with E-state index < -0.39 is 12.1 Å². The van der Waals surface area contributed by atoms with Gasteiger partial charge in [-0.15, -0.1) is 0 Å². The average molecular weight is 347 g/mol. The highest BCUT2D eigenvalue weighted by atomic mass is 16.2. The maximum Gasteiger partial charge on any atom is 0.312 e. The number of rotatable bonds is 6. The molecule has 5 N–H and O–H groups in total. The van der Waals surface area contributed by atoms with Gasteiger partial charge in [0.25, 0.3) is 0 Å². The van der Waals surface area contributed by atoms with Crippen LogP contribution in [0.4, 0.5) is 10.5 Å². The molecule has 0 radical (unpaired) electrons. The van der Waals surface area contributed by atoms with Crippen LogP contribution in [0.1, 0.15) is 24.8 Å². The fraction of sp³-hybridized carbons (Fsp3) is 0.556. The molecule has 0 aromatic heterocycles. The van der Waals surface area contributed by atoms with E-state index in [-0.39, 0.29) is 5.91 Å². The molecule has 7 heteroatoms. The van der Waals surface area contributed by atoms with Crippen molar-refractivity contribution in [1.82, 2.24) is 10.2 Å². The van der Waals surface area contributed by atoms with Crippen molar-refractivity contribution in [3.05, 3.63) is 29.8 Å². The Labute approximate surface area is 149 Å². The van der Waals surface area contributed by atoms with Crippen LogP contribution in [0.25, 0.3) is 0 Å². The number of para-hydroxylation sites is 1. The molecule has 1 saturated heterocycles. The number of hydrogen-bond donors (Lipinski definition) is 3. The topological polar surface area (TPSA) is 105 Å². The summed E-state index contributed by atoms with van der Waals surface area (Å²) in [5, 5.41) is 2.51. The van der Waals surface area contributed by atoms with Crippen LogP contribution in [-0.2, 0) is 4.79 Å². The van der Waals surface area contributed by atoms with Crippen molar-refractivity contribution in [2.45, 2.75) is 32.2 Å². The minimum Gasteiger partial charge on any atom is -0.369 e. The normalized spacial score (nSPS) is 16.2. The van der Waals surface area contributed by atoms with Crippen molar-refractivity contribution in [3.63, 3.8) is 0 Å². The largest absolute Gasteiger partial charge is 0.369 e. The Morgan fingerprint density at radius 1 is 1.20 bits per heavy atom. The molecule has 0 unspecified atom stereocenters. The molecular weight excluding hydrogens is 318 g/mol. The smallest absolute Gasteiger partial charge is 0.312 e. The van der Waals surface area contributed by atoms with Crippen LogP contribution in [-0.4, -0.2) is 55.6 Å². The molecule has 1 heterocycles. The summed E-state index contributed by atoms with van der Waals surface area (Å²) < 4.78 is 0.